The summed E-state index contributed by atoms with van der Waals surface area (Å²) in [5, 5.41) is 0. The predicted molar refractivity (Wildman–Crippen MR) is 62.2 cm³/mol. The maximum Gasteiger partial charge on any atom is 0.249 e. The van der Waals surface area contributed by atoms with Gasteiger partial charge in [0.2, 0.25) is 5.91 Å². The van der Waals surface area contributed by atoms with Crippen molar-refractivity contribution in [2.45, 2.75) is 25.8 Å². The number of hydrogen-bond donors (Lipinski definition) is 0. The Kier molecular flexibility index (Phi) is 4.03. The van der Waals surface area contributed by atoms with Crippen molar-refractivity contribution < 1.29 is 9.53 Å². The van der Waals surface area contributed by atoms with E-state index in [1.807, 2.05) is 17.9 Å². The van der Waals surface area contributed by atoms with Crippen molar-refractivity contribution in [3.8, 4) is 0 Å². The highest BCUT2D eigenvalue weighted by Crippen LogP contribution is 2.30. The van der Waals surface area contributed by atoms with Crippen LogP contribution in [0.3, 0.4) is 0 Å². The van der Waals surface area contributed by atoms with Gasteiger partial charge in [-0.05, 0) is 25.8 Å². The summed E-state index contributed by atoms with van der Waals surface area (Å²) in [5.74, 6) is 0.0490. The Balaban J connectivity index is 2.05. The summed E-state index contributed by atoms with van der Waals surface area (Å²) in [6, 6.07) is 1.96. The van der Waals surface area contributed by atoms with Crippen molar-refractivity contribution in [3.63, 3.8) is 0 Å². The van der Waals surface area contributed by atoms with Crippen molar-refractivity contribution in [1.29, 1.82) is 0 Å². The molecule has 0 bridgehead atoms. The van der Waals surface area contributed by atoms with Crippen molar-refractivity contribution in [1.82, 2.24) is 14.9 Å². The minimum absolute atomic E-state index is 0.0490. The topological polar surface area (TPSA) is 55.3 Å². The fourth-order valence-corrected chi connectivity index (χ4v) is 2.14. The zero-order chi connectivity index (χ0) is 12.1. The molecular formula is C12H17N3O2. The molecule has 0 saturated carbocycles. The molecule has 1 atom stereocenters. The largest absolute Gasteiger partial charge is 0.372 e. The molecular weight excluding hydrogens is 218 g/mol. The smallest absolute Gasteiger partial charge is 0.249 e. The van der Waals surface area contributed by atoms with Gasteiger partial charge in [0.05, 0.1) is 11.7 Å². The third kappa shape index (κ3) is 2.79. The van der Waals surface area contributed by atoms with Crippen LogP contribution in [0.25, 0.3) is 0 Å². The number of carbonyl (C=O) groups is 1. The van der Waals surface area contributed by atoms with Gasteiger partial charge in [0, 0.05) is 19.3 Å². The van der Waals surface area contributed by atoms with Crippen molar-refractivity contribution in [3.05, 3.63) is 24.3 Å². The van der Waals surface area contributed by atoms with E-state index in [4.69, 9.17) is 4.74 Å². The highest BCUT2D eigenvalue weighted by atomic mass is 16.5. The van der Waals surface area contributed by atoms with Gasteiger partial charge >= 0.3 is 0 Å². The van der Waals surface area contributed by atoms with E-state index >= 15 is 0 Å². The molecule has 1 saturated heterocycles. The van der Waals surface area contributed by atoms with Gasteiger partial charge in [-0.15, -0.1) is 0 Å². The summed E-state index contributed by atoms with van der Waals surface area (Å²) in [4.78, 5) is 21.9. The van der Waals surface area contributed by atoms with Crippen molar-refractivity contribution in [2.75, 3.05) is 19.8 Å². The predicted octanol–water partition coefficient (Wildman–Crippen LogP) is 1.18. The molecule has 5 heteroatoms. The Labute approximate surface area is 101 Å². The van der Waals surface area contributed by atoms with E-state index in [-0.39, 0.29) is 18.6 Å². The van der Waals surface area contributed by atoms with Crippen LogP contribution in [0.5, 0.6) is 0 Å². The molecule has 92 valence electrons. The van der Waals surface area contributed by atoms with Crippen LogP contribution in [0.15, 0.2) is 18.6 Å². The average molecular weight is 235 g/mol. The normalized spacial score (nSPS) is 19.6. The number of likely N-dealkylation sites (tertiary alicyclic amines) is 1. The Morgan fingerprint density at radius 2 is 2.53 bits per heavy atom. The monoisotopic (exact) mass is 235 g/mol. The van der Waals surface area contributed by atoms with Crippen LogP contribution in [0, 0.1) is 0 Å². The minimum Gasteiger partial charge on any atom is -0.372 e. The molecule has 1 aliphatic heterocycles. The van der Waals surface area contributed by atoms with Gasteiger partial charge in [-0.3, -0.25) is 4.79 Å². The summed E-state index contributed by atoms with van der Waals surface area (Å²) < 4.78 is 5.17. The summed E-state index contributed by atoms with van der Waals surface area (Å²) in [5.41, 5.74) is 0.919. The van der Waals surface area contributed by atoms with Crippen molar-refractivity contribution in [2.24, 2.45) is 0 Å². The standard InChI is InChI=1S/C12H17N3O2/c1-2-17-8-12(16)15-7-3-4-11(15)10-5-6-13-9-14-10/h5-6,9,11H,2-4,7-8H2,1H3/t11-/m0/s1. The summed E-state index contributed by atoms with van der Waals surface area (Å²) in [6.45, 7) is 3.41. The second kappa shape index (κ2) is 5.72. The van der Waals surface area contributed by atoms with E-state index in [1.54, 1.807) is 6.20 Å². The zero-order valence-electron chi connectivity index (χ0n) is 10.0. The molecule has 1 aliphatic rings. The Morgan fingerprint density at radius 3 is 3.24 bits per heavy atom. The fourth-order valence-electron chi connectivity index (χ4n) is 2.14. The summed E-state index contributed by atoms with van der Waals surface area (Å²) in [7, 11) is 0. The molecule has 0 spiro atoms. The van der Waals surface area contributed by atoms with E-state index in [1.165, 1.54) is 6.33 Å². The molecule has 5 nitrogen and oxygen atoms in total. The summed E-state index contributed by atoms with van der Waals surface area (Å²) in [6.07, 6.45) is 5.23. The lowest BCUT2D eigenvalue weighted by atomic mass is 10.1. The number of carbonyl (C=O) groups excluding carboxylic acids is 1. The Bertz CT molecular complexity index is 369. The fraction of sp³-hybridized carbons (Fsp3) is 0.583. The van der Waals surface area contributed by atoms with Crippen LogP contribution >= 0.6 is 0 Å². The number of hydrogen-bond acceptors (Lipinski definition) is 4. The van der Waals surface area contributed by atoms with Gasteiger partial charge in [-0.25, -0.2) is 9.97 Å². The van der Waals surface area contributed by atoms with E-state index in [9.17, 15) is 4.79 Å². The molecule has 0 radical (unpaired) electrons. The molecule has 2 rings (SSSR count). The summed E-state index contributed by atoms with van der Waals surface area (Å²) >= 11 is 0. The maximum absolute atomic E-state index is 11.9. The molecule has 0 N–H and O–H groups in total. The molecule has 0 aliphatic carbocycles. The van der Waals surface area contributed by atoms with Crippen LogP contribution < -0.4 is 0 Å². The van der Waals surface area contributed by atoms with Gasteiger partial charge < -0.3 is 9.64 Å². The average Bonchev–Trinajstić information content (AvgIpc) is 2.86. The molecule has 1 fully saturated rings. The molecule has 1 aromatic heterocycles. The molecule has 2 heterocycles. The lowest BCUT2D eigenvalue weighted by Crippen LogP contribution is -2.33. The van der Waals surface area contributed by atoms with E-state index in [0.717, 1.165) is 25.1 Å². The van der Waals surface area contributed by atoms with Gasteiger partial charge in [0.1, 0.15) is 12.9 Å². The molecule has 0 unspecified atom stereocenters. The third-order valence-corrected chi connectivity index (χ3v) is 2.95. The first-order chi connectivity index (χ1) is 8.33. The Hall–Kier alpha value is -1.49. The maximum atomic E-state index is 11.9. The SMILES string of the molecule is CCOCC(=O)N1CCC[C@H]1c1ccncn1. The minimum atomic E-state index is 0.0490. The van der Waals surface area contributed by atoms with Gasteiger partial charge in [0.15, 0.2) is 0 Å². The van der Waals surface area contributed by atoms with Gasteiger partial charge in [0.25, 0.3) is 0 Å². The first-order valence-electron chi connectivity index (χ1n) is 5.96. The van der Waals surface area contributed by atoms with Gasteiger partial charge in [-0.1, -0.05) is 0 Å². The molecule has 1 aromatic rings. The quantitative estimate of drug-likeness (QED) is 0.786. The lowest BCUT2D eigenvalue weighted by Gasteiger charge is -2.23. The van der Waals surface area contributed by atoms with Crippen molar-refractivity contribution >= 4 is 5.91 Å². The van der Waals surface area contributed by atoms with E-state index < -0.39 is 0 Å². The second-order valence-electron chi connectivity index (χ2n) is 4.02. The number of amides is 1. The first-order valence-corrected chi connectivity index (χ1v) is 5.96. The Morgan fingerprint density at radius 1 is 1.65 bits per heavy atom. The third-order valence-electron chi connectivity index (χ3n) is 2.95. The molecule has 1 amide bonds. The van der Waals surface area contributed by atoms with Crippen LogP contribution in [0.4, 0.5) is 0 Å². The zero-order valence-corrected chi connectivity index (χ0v) is 10.0. The van der Waals surface area contributed by atoms with Crippen LogP contribution in [-0.4, -0.2) is 40.5 Å². The van der Waals surface area contributed by atoms with E-state index in [2.05, 4.69) is 9.97 Å². The highest BCUT2D eigenvalue weighted by molar-refractivity contribution is 5.78. The first kappa shape index (κ1) is 12.0. The van der Waals surface area contributed by atoms with E-state index in [0.29, 0.717) is 6.61 Å². The molecule has 0 aromatic carbocycles. The number of ether oxygens (including phenoxy) is 1. The molecule has 17 heavy (non-hydrogen) atoms. The highest BCUT2D eigenvalue weighted by Gasteiger charge is 2.30. The number of rotatable bonds is 4. The lowest BCUT2D eigenvalue weighted by molar-refractivity contribution is -0.137. The van der Waals surface area contributed by atoms with Crippen LogP contribution in [-0.2, 0) is 9.53 Å². The van der Waals surface area contributed by atoms with Crippen LogP contribution in [0.1, 0.15) is 31.5 Å². The second-order valence-corrected chi connectivity index (χ2v) is 4.02. The number of nitrogens with zero attached hydrogens (tertiary/aromatic N) is 3. The van der Waals surface area contributed by atoms with Gasteiger partial charge in [-0.2, -0.15) is 0 Å². The number of aromatic nitrogens is 2. The van der Waals surface area contributed by atoms with Crippen LogP contribution in [0.2, 0.25) is 0 Å².